The molecule has 0 aromatic heterocycles. The van der Waals surface area contributed by atoms with Crippen LogP contribution in [0.3, 0.4) is 0 Å². The fourth-order valence-corrected chi connectivity index (χ4v) is 2.80. The number of aliphatic carboxylic acids is 1. The summed E-state index contributed by atoms with van der Waals surface area (Å²) in [5.74, 6) is -1.81. The van der Waals surface area contributed by atoms with E-state index in [9.17, 15) is 24.3 Å². The fourth-order valence-electron chi connectivity index (χ4n) is 2.80. The van der Waals surface area contributed by atoms with E-state index in [2.05, 4.69) is 5.32 Å². The number of anilines is 1. The number of rotatable bonds is 9. The van der Waals surface area contributed by atoms with Crippen LogP contribution in [0.25, 0.3) is 0 Å². The van der Waals surface area contributed by atoms with Crippen molar-refractivity contribution in [1.29, 1.82) is 0 Å². The number of ether oxygens (including phenoxy) is 1. The van der Waals surface area contributed by atoms with E-state index in [1.807, 2.05) is 6.92 Å². The number of benzene rings is 1. The summed E-state index contributed by atoms with van der Waals surface area (Å²) in [5.41, 5.74) is 0.757. The summed E-state index contributed by atoms with van der Waals surface area (Å²) in [4.78, 5) is 49.1. The smallest absolute Gasteiger partial charge is 0.326 e. The number of carbonyl (C=O) groups excluding carboxylic acids is 3. The van der Waals surface area contributed by atoms with Crippen LogP contribution >= 0.6 is 0 Å². The summed E-state index contributed by atoms with van der Waals surface area (Å²) in [7, 11) is 0. The summed E-state index contributed by atoms with van der Waals surface area (Å²) < 4.78 is 5.36. The minimum Gasteiger partial charge on any atom is -0.482 e. The number of hydrogen-bond donors (Lipinski definition) is 2. The zero-order valence-corrected chi connectivity index (χ0v) is 15.5. The molecule has 0 fully saturated rings. The Morgan fingerprint density at radius 3 is 2.67 bits per heavy atom. The Balaban J connectivity index is 2.18. The summed E-state index contributed by atoms with van der Waals surface area (Å²) >= 11 is 0. The van der Waals surface area contributed by atoms with E-state index in [-0.39, 0.29) is 18.9 Å². The average molecular weight is 376 g/mol. The number of Topliss-reactive ketones (excluding diaryl/α,β-unsaturated/α-hetero) is 1. The number of amides is 2. The van der Waals surface area contributed by atoms with E-state index in [0.717, 1.165) is 6.42 Å². The third kappa shape index (κ3) is 5.06. The van der Waals surface area contributed by atoms with E-state index >= 15 is 0 Å². The van der Waals surface area contributed by atoms with Crippen molar-refractivity contribution in [2.24, 2.45) is 0 Å². The summed E-state index contributed by atoms with van der Waals surface area (Å²) in [6, 6.07) is 3.74. The molecule has 27 heavy (non-hydrogen) atoms. The normalized spacial score (nSPS) is 14.1. The SMILES string of the molecule is CCCCC(NC(=O)CN1C(=O)COc2ccc(C(=O)CC)cc21)C(=O)O. The molecule has 8 nitrogen and oxygen atoms in total. The Kier molecular flexibility index (Phi) is 6.92. The highest BCUT2D eigenvalue weighted by molar-refractivity contribution is 6.04. The molecule has 1 atom stereocenters. The number of carboxylic acids is 1. The molecule has 2 N–H and O–H groups in total. The second kappa shape index (κ2) is 9.16. The van der Waals surface area contributed by atoms with Crippen molar-refractivity contribution in [2.75, 3.05) is 18.1 Å². The van der Waals surface area contributed by atoms with E-state index in [0.29, 0.717) is 36.3 Å². The van der Waals surface area contributed by atoms with Gasteiger partial charge in [0.05, 0.1) is 5.69 Å². The average Bonchev–Trinajstić information content (AvgIpc) is 2.66. The third-order valence-electron chi connectivity index (χ3n) is 4.33. The van der Waals surface area contributed by atoms with Crippen molar-refractivity contribution in [3.05, 3.63) is 23.8 Å². The topological polar surface area (TPSA) is 113 Å². The van der Waals surface area contributed by atoms with Crippen LogP contribution in [0.5, 0.6) is 5.75 Å². The van der Waals surface area contributed by atoms with Gasteiger partial charge >= 0.3 is 5.97 Å². The van der Waals surface area contributed by atoms with Crippen molar-refractivity contribution >= 4 is 29.3 Å². The predicted molar refractivity (Wildman–Crippen MR) is 98.0 cm³/mol. The van der Waals surface area contributed by atoms with Gasteiger partial charge in [0.1, 0.15) is 18.3 Å². The lowest BCUT2D eigenvalue weighted by molar-refractivity contribution is -0.141. The molecular formula is C19H24N2O6. The molecule has 146 valence electrons. The number of carboxylic acid groups (broad SMARTS) is 1. The van der Waals surface area contributed by atoms with Gasteiger partial charge in [-0.05, 0) is 24.6 Å². The van der Waals surface area contributed by atoms with Gasteiger partial charge in [0.15, 0.2) is 12.4 Å². The lowest BCUT2D eigenvalue weighted by atomic mass is 10.1. The van der Waals surface area contributed by atoms with Crippen LogP contribution in [0.1, 0.15) is 49.9 Å². The molecule has 1 aliphatic heterocycles. The quantitative estimate of drug-likeness (QED) is 0.635. The molecule has 0 aliphatic carbocycles. The Labute approximate surface area is 157 Å². The maximum absolute atomic E-state index is 12.3. The first kappa shape index (κ1) is 20.4. The van der Waals surface area contributed by atoms with Gasteiger partial charge in [-0.25, -0.2) is 4.79 Å². The molecule has 8 heteroatoms. The molecular weight excluding hydrogens is 352 g/mol. The van der Waals surface area contributed by atoms with Crippen LogP contribution < -0.4 is 15.0 Å². The van der Waals surface area contributed by atoms with Crippen LogP contribution in [0.4, 0.5) is 5.69 Å². The molecule has 1 aromatic rings. The molecule has 0 saturated heterocycles. The van der Waals surface area contributed by atoms with Crippen molar-refractivity contribution in [3.8, 4) is 5.75 Å². The predicted octanol–water partition coefficient (Wildman–Crippen LogP) is 1.76. The van der Waals surface area contributed by atoms with Crippen LogP contribution in [0.15, 0.2) is 18.2 Å². The largest absolute Gasteiger partial charge is 0.482 e. The molecule has 1 aliphatic rings. The third-order valence-corrected chi connectivity index (χ3v) is 4.33. The van der Waals surface area contributed by atoms with Gasteiger partial charge < -0.3 is 15.2 Å². The zero-order chi connectivity index (χ0) is 20.0. The number of hydrogen-bond acceptors (Lipinski definition) is 5. The van der Waals surface area contributed by atoms with Crippen molar-refractivity contribution in [2.45, 2.75) is 45.6 Å². The first-order chi connectivity index (χ1) is 12.9. The van der Waals surface area contributed by atoms with Crippen molar-refractivity contribution in [3.63, 3.8) is 0 Å². The summed E-state index contributed by atoms with van der Waals surface area (Å²) in [5, 5.41) is 11.7. The van der Waals surface area contributed by atoms with Gasteiger partial charge in [0, 0.05) is 12.0 Å². The number of unbranched alkanes of at least 4 members (excludes halogenated alkanes) is 1. The van der Waals surface area contributed by atoms with Crippen LogP contribution in [0, 0.1) is 0 Å². The Hall–Kier alpha value is -2.90. The molecule has 0 spiro atoms. The van der Waals surface area contributed by atoms with E-state index in [1.54, 1.807) is 19.1 Å². The molecule has 2 rings (SSSR count). The molecule has 1 unspecified atom stereocenters. The highest BCUT2D eigenvalue weighted by Gasteiger charge is 2.29. The lowest BCUT2D eigenvalue weighted by Gasteiger charge is -2.29. The van der Waals surface area contributed by atoms with E-state index in [4.69, 9.17) is 4.74 Å². The number of nitrogens with zero attached hydrogens (tertiary/aromatic N) is 1. The van der Waals surface area contributed by atoms with Crippen LogP contribution in [0.2, 0.25) is 0 Å². The van der Waals surface area contributed by atoms with Gasteiger partial charge in [0.25, 0.3) is 5.91 Å². The zero-order valence-electron chi connectivity index (χ0n) is 15.5. The minimum atomic E-state index is -1.11. The maximum Gasteiger partial charge on any atom is 0.326 e. The highest BCUT2D eigenvalue weighted by atomic mass is 16.5. The van der Waals surface area contributed by atoms with Gasteiger partial charge in [-0.2, -0.15) is 0 Å². The Morgan fingerprint density at radius 2 is 2.04 bits per heavy atom. The van der Waals surface area contributed by atoms with Gasteiger partial charge in [-0.15, -0.1) is 0 Å². The molecule has 0 radical (unpaired) electrons. The summed E-state index contributed by atoms with van der Waals surface area (Å²) in [6.45, 7) is 3.10. The van der Waals surface area contributed by atoms with Gasteiger partial charge in [0.2, 0.25) is 5.91 Å². The first-order valence-electron chi connectivity index (χ1n) is 8.99. The summed E-state index contributed by atoms with van der Waals surface area (Å²) in [6.07, 6.45) is 2.11. The van der Waals surface area contributed by atoms with Crippen molar-refractivity contribution in [1.82, 2.24) is 5.32 Å². The molecule has 1 heterocycles. The van der Waals surface area contributed by atoms with Crippen LogP contribution in [-0.4, -0.2) is 47.9 Å². The van der Waals surface area contributed by atoms with Gasteiger partial charge in [-0.3, -0.25) is 19.3 Å². The molecule has 2 amide bonds. The molecule has 0 bridgehead atoms. The maximum atomic E-state index is 12.3. The second-order valence-corrected chi connectivity index (χ2v) is 6.33. The number of ketones is 1. The fraction of sp³-hybridized carbons (Fsp3) is 0.474. The molecule has 0 saturated carbocycles. The van der Waals surface area contributed by atoms with Gasteiger partial charge in [-0.1, -0.05) is 26.7 Å². The van der Waals surface area contributed by atoms with Crippen molar-refractivity contribution < 1.29 is 29.0 Å². The Morgan fingerprint density at radius 1 is 1.30 bits per heavy atom. The number of carbonyl (C=O) groups is 4. The lowest BCUT2D eigenvalue weighted by Crippen LogP contribution is -2.49. The van der Waals surface area contributed by atoms with Crippen LogP contribution in [-0.2, 0) is 14.4 Å². The number of fused-ring (bicyclic) bond motifs is 1. The second-order valence-electron chi connectivity index (χ2n) is 6.33. The Bertz CT molecular complexity index is 746. The molecule has 1 aromatic carbocycles. The van der Waals surface area contributed by atoms with E-state index in [1.165, 1.54) is 11.0 Å². The standard InChI is InChI=1S/C19H24N2O6/c1-3-5-6-13(19(25)26)20-17(23)10-21-14-9-12(15(22)4-2)7-8-16(14)27-11-18(21)24/h7-9,13H,3-6,10-11H2,1-2H3,(H,20,23)(H,25,26). The minimum absolute atomic E-state index is 0.0919. The first-order valence-corrected chi connectivity index (χ1v) is 8.99. The van der Waals surface area contributed by atoms with E-state index < -0.39 is 23.8 Å². The highest BCUT2D eigenvalue weighted by Crippen LogP contribution is 2.33. The monoisotopic (exact) mass is 376 g/mol. The number of nitrogens with one attached hydrogen (secondary N) is 1.